The third kappa shape index (κ3) is 3.74. The summed E-state index contributed by atoms with van der Waals surface area (Å²) in [5.74, 6) is 0.513. The number of rotatable bonds is 4. The number of carbonyl (C=O) groups is 1. The fourth-order valence-electron chi connectivity index (χ4n) is 3.28. The van der Waals surface area contributed by atoms with E-state index in [9.17, 15) is 13.2 Å². The molecule has 0 saturated carbocycles. The van der Waals surface area contributed by atoms with Crippen molar-refractivity contribution < 1.29 is 17.9 Å². The molecule has 0 radical (unpaired) electrons. The molecular formula is C15H23N3O4S. The van der Waals surface area contributed by atoms with Crippen molar-refractivity contribution in [3.05, 3.63) is 17.5 Å². The van der Waals surface area contributed by atoms with Crippen LogP contribution in [0.3, 0.4) is 0 Å². The Kier molecular flexibility index (Phi) is 4.72. The van der Waals surface area contributed by atoms with Gasteiger partial charge in [-0.1, -0.05) is 0 Å². The van der Waals surface area contributed by atoms with Crippen LogP contribution in [0.4, 0.5) is 0 Å². The van der Waals surface area contributed by atoms with E-state index in [0.29, 0.717) is 31.1 Å². The normalized spacial score (nSPS) is 27.0. The Labute approximate surface area is 136 Å². The lowest BCUT2D eigenvalue weighted by Crippen LogP contribution is -2.33. The Bertz CT molecular complexity index is 677. The molecular weight excluding hydrogens is 318 g/mol. The first-order chi connectivity index (χ1) is 11.0. The van der Waals surface area contributed by atoms with Gasteiger partial charge in [-0.2, -0.15) is 5.10 Å². The number of sulfone groups is 1. The van der Waals surface area contributed by atoms with E-state index in [4.69, 9.17) is 4.74 Å². The second kappa shape index (κ2) is 6.60. The zero-order valence-corrected chi connectivity index (χ0v) is 14.1. The summed E-state index contributed by atoms with van der Waals surface area (Å²) in [5.41, 5.74) is 1.25. The molecule has 1 amide bonds. The lowest BCUT2D eigenvalue weighted by molar-refractivity contribution is 0.0536. The molecule has 0 bridgehead atoms. The van der Waals surface area contributed by atoms with Gasteiger partial charge in [0.15, 0.2) is 9.84 Å². The number of hydrogen-bond acceptors (Lipinski definition) is 5. The number of hydrogen-bond donors (Lipinski definition) is 1. The minimum atomic E-state index is -2.97. The van der Waals surface area contributed by atoms with Crippen molar-refractivity contribution in [1.82, 2.24) is 15.1 Å². The molecule has 8 heteroatoms. The van der Waals surface area contributed by atoms with Crippen molar-refractivity contribution in [2.45, 2.75) is 32.2 Å². The first kappa shape index (κ1) is 16.4. The number of nitrogens with one attached hydrogen (secondary N) is 1. The number of aromatic nitrogens is 2. The summed E-state index contributed by atoms with van der Waals surface area (Å²) in [7, 11) is -2.97. The summed E-state index contributed by atoms with van der Waals surface area (Å²) in [6.45, 7) is 3.91. The average Bonchev–Trinajstić information content (AvgIpc) is 3.08. The van der Waals surface area contributed by atoms with Gasteiger partial charge in [0.1, 0.15) is 0 Å². The van der Waals surface area contributed by atoms with Crippen LogP contribution in [0, 0.1) is 12.8 Å². The summed E-state index contributed by atoms with van der Waals surface area (Å²) < 4.78 is 30.3. The van der Waals surface area contributed by atoms with Crippen LogP contribution in [0.25, 0.3) is 0 Å². The monoisotopic (exact) mass is 341 g/mol. The van der Waals surface area contributed by atoms with E-state index in [1.54, 1.807) is 4.68 Å². The highest BCUT2D eigenvalue weighted by Crippen LogP contribution is 2.25. The van der Waals surface area contributed by atoms with Crippen LogP contribution < -0.4 is 5.32 Å². The van der Waals surface area contributed by atoms with E-state index >= 15 is 0 Å². The molecule has 23 heavy (non-hydrogen) atoms. The van der Waals surface area contributed by atoms with Crippen molar-refractivity contribution in [2.24, 2.45) is 5.92 Å². The van der Waals surface area contributed by atoms with E-state index in [2.05, 4.69) is 10.4 Å². The van der Waals surface area contributed by atoms with Crippen LogP contribution in [0.5, 0.6) is 0 Å². The maximum atomic E-state index is 12.3. The number of carbonyl (C=O) groups excluding carboxylic acids is 1. The van der Waals surface area contributed by atoms with Crippen LogP contribution in [0.2, 0.25) is 0 Å². The smallest absolute Gasteiger partial charge is 0.254 e. The lowest BCUT2D eigenvalue weighted by atomic mass is 10.0. The minimum absolute atomic E-state index is 0.107. The highest BCUT2D eigenvalue weighted by molar-refractivity contribution is 7.91. The van der Waals surface area contributed by atoms with Crippen LogP contribution in [0.1, 0.15) is 41.4 Å². The van der Waals surface area contributed by atoms with Crippen LogP contribution in [-0.4, -0.2) is 55.4 Å². The first-order valence-electron chi connectivity index (χ1n) is 8.07. The average molecular weight is 341 g/mol. The van der Waals surface area contributed by atoms with E-state index in [1.807, 2.05) is 6.92 Å². The predicted octanol–water partition coefficient (Wildman–Crippen LogP) is 0.708. The Morgan fingerprint density at radius 3 is 2.96 bits per heavy atom. The third-order valence-electron chi connectivity index (χ3n) is 4.65. The molecule has 2 aliphatic heterocycles. The van der Waals surface area contributed by atoms with E-state index in [0.717, 1.165) is 25.1 Å². The summed E-state index contributed by atoms with van der Waals surface area (Å²) in [6.07, 6.45) is 4.20. The topological polar surface area (TPSA) is 90.3 Å². The van der Waals surface area contributed by atoms with Gasteiger partial charge in [-0.15, -0.1) is 0 Å². The maximum Gasteiger partial charge on any atom is 0.254 e. The largest absolute Gasteiger partial charge is 0.381 e. The zero-order valence-electron chi connectivity index (χ0n) is 13.3. The van der Waals surface area contributed by atoms with Gasteiger partial charge in [-0.25, -0.2) is 8.42 Å². The summed E-state index contributed by atoms with van der Waals surface area (Å²) >= 11 is 0. The molecule has 0 aliphatic carbocycles. The molecule has 7 nitrogen and oxygen atoms in total. The predicted molar refractivity (Wildman–Crippen MR) is 85.1 cm³/mol. The second-order valence-electron chi connectivity index (χ2n) is 6.44. The number of amides is 1. The molecule has 1 aromatic heterocycles. The van der Waals surface area contributed by atoms with Gasteiger partial charge < -0.3 is 10.1 Å². The number of ether oxygens (including phenoxy) is 1. The SMILES string of the molecule is Cc1c(C(=O)NC[C@@H]2CCCOC2)cnn1[C@H]1CCS(=O)(=O)C1. The van der Waals surface area contributed by atoms with Gasteiger partial charge in [0.05, 0.1) is 35.9 Å². The highest BCUT2D eigenvalue weighted by atomic mass is 32.2. The Balaban J connectivity index is 1.63. The molecule has 1 N–H and O–H groups in total. The molecule has 2 aliphatic rings. The van der Waals surface area contributed by atoms with Crippen molar-refractivity contribution in [2.75, 3.05) is 31.3 Å². The third-order valence-corrected chi connectivity index (χ3v) is 6.40. The lowest BCUT2D eigenvalue weighted by Gasteiger charge is -2.22. The fraction of sp³-hybridized carbons (Fsp3) is 0.733. The molecule has 3 rings (SSSR count). The molecule has 0 spiro atoms. The molecule has 1 aromatic rings. The van der Waals surface area contributed by atoms with Crippen LogP contribution >= 0.6 is 0 Å². The van der Waals surface area contributed by atoms with Gasteiger partial charge in [-0.3, -0.25) is 9.48 Å². The van der Waals surface area contributed by atoms with E-state index in [1.165, 1.54) is 6.20 Å². The zero-order chi connectivity index (χ0) is 16.4. The second-order valence-corrected chi connectivity index (χ2v) is 8.67. The first-order valence-corrected chi connectivity index (χ1v) is 9.89. The van der Waals surface area contributed by atoms with Crippen molar-refractivity contribution in [3.63, 3.8) is 0 Å². The molecule has 0 aromatic carbocycles. The van der Waals surface area contributed by atoms with Gasteiger partial charge in [0.2, 0.25) is 0 Å². The maximum absolute atomic E-state index is 12.3. The summed E-state index contributed by atoms with van der Waals surface area (Å²) in [4.78, 5) is 12.3. The Hall–Kier alpha value is -1.41. The highest BCUT2D eigenvalue weighted by Gasteiger charge is 2.31. The van der Waals surface area contributed by atoms with Crippen molar-refractivity contribution >= 4 is 15.7 Å². The summed E-state index contributed by atoms with van der Waals surface area (Å²) in [6, 6.07) is -0.159. The van der Waals surface area contributed by atoms with Gasteiger partial charge in [0.25, 0.3) is 5.91 Å². The molecule has 2 atom stereocenters. The molecule has 2 saturated heterocycles. The van der Waals surface area contributed by atoms with Crippen molar-refractivity contribution in [1.29, 1.82) is 0 Å². The van der Waals surface area contributed by atoms with E-state index < -0.39 is 9.84 Å². The van der Waals surface area contributed by atoms with Gasteiger partial charge >= 0.3 is 0 Å². The Morgan fingerprint density at radius 2 is 2.30 bits per heavy atom. The quantitative estimate of drug-likeness (QED) is 0.871. The molecule has 2 fully saturated rings. The Morgan fingerprint density at radius 1 is 1.48 bits per heavy atom. The van der Waals surface area contributed by atoms with Crippen molar-refractivity contribution in [3.8, 4) is 0 Å². The van der Waals surface area contributed by atoms with E-state index in [-0.39, 0.29) is 23.5 Å². The molecule has 0 unspecified atom stereocenters. The van der Waals surface area contributed by atoms with Crippen LogP contribution in [-0.2, 0) is 14.6 Å². The fourth-order valence-corrected chi connectivity index (χ4v) is 4.98. The molecule has 128 valence electrons. The number of nitrogens with zero attached hydrogens (tertiary/aromatic N) is 2. The summed E-state index contributed by atoms with van der Waals surface area (Å²) in [5, 5.41) is 7.18. The van der Waals surface area contributed by atoms with Gasteiger partial charge in [0, 0.05) is 18.8 Å². The standard InChI is InChI=1S/C15H23N3O4S/c1-11-14(15(19)16-7-12-3-2-5-22-9-12)8-17-18(11)13-4-6-23(20,21)10-13/h8,12-13H,2-7,9-10H2,1H3,(H,16,19)/t12-,13-/m0/s1. The van der Waals surface area contributed by atoms with Gasteiger partial charge in [-0.05, 0) is 32.1 Å². The minimum Gasteiger partial charge on any atom is -0.381 e. The van der Waals surface area contributed by atoms with Crippen LogP contribution in [0.15, 0.2) is 6.20 Å². The molecule has 3 heterocycles.